The Morgan fingerprint density at radius 3 is 2.75 bits per heavy atom. The number of hydrogen-bond acceptors (Lipinski definition) is 2. The Balaban J connectivity index is 1.56. The van der Waals surface area contributed by atoms with Gasteiger partial charge in [0.2, 0.25) is 11.8 Å². The minimum absolute atomic E-state index is 0.102. The molecule has 0 aliphatic carbocycles. The number of rotatable bonds is 4. The molecule has 0 bridgehead atoms. The van der Waals surface area contributed by atoms with Crippen LogP contribution in [0.1, 0.15) is 18.4 Å². The van der Waals surface area contributed by atoms with Gasteiger partial charge in [-0.25, -0.2) is 8.78 Å². The molecule has 2 aromatic carbocycles. The van der Waals surface area contributed by atoms with Crippen molar-refractivity contribution in [1.29, 1.82) is 0 Å². The zero-order chi connectivity index (χ0) is 17.1. The molecule has 2 amide bonds. The molecule has 2 N–H and O–H groups in total. The van der Waals surface area contributed by atoms with E-state index in [1.807, 2.05) is 24.3 Å². The number of benzene rings is 2. The van der Waals surface area contributed by atoms with E-state index in [4.69, 9.17) is 0 Å². The molecule has 24 heavy (non-hydrogen) atoms. The molecule has 0 saturated heterocycles. The first-order valence-corrected chi connectivity index (χ1v) is 7.66. The molecule has 1 aliphatic rings. The summed E-state index contributed by atoms with van der Waals surface area (Å²) in [6, 6.07) is 10.7. The van der Waals surface area contributed by atoms with Crippen molar-refractivity contribution in [3.05, 3.63) is 59.7 Å². The van der Waals surface area contributed by atoms with Crippen LogP contribution in [0.25, 0.3) is 0 Å². The van der Waals surface area contributed by atoms with Crippen molar-refractivity contribution < 1.29 is 18.4 Å². The molecule has 0 unspecified atom stereocenters. The quantitative estimate of drug-likeness (QED) is 0.901. The van der Waals surface area contributed by atoms with E-state index in [9.17, 15) is 18.4 Å². The van der Waals surface area contributed by atoms with E-state index in [1.54, 1.807) is 0 Å². The minimum atomic E-state index is -1.02. The van der Waals surface area contributed by atoms with Gasteiger partial charge in [0.05, 0.1) is 0 Å². The van der Waals surface area contributed by atoms with Crippen molar-refractivity contribution in [3.8, 4) is 0 Å². The van der Waals surface area contributed by atoms with Gasteiger partial charge >= 0.3 is 0 Å². The second-order valence-electron chi connectivity index (χ2n) is 5.76. The Labute approximate surface area is 137 Å². The lowest BCUT2D eigenvalue weighted by Crippen LogP contribution is -2.30. The molecule has 1 heterocycles. The molecule has 3 rings (SSSR count). The summed E-state index contributed by atoms with van der Waals surface area (Å²) in [5.74, 6) is -2.71. The number of carbonyl (C=O) groups is 2. The summed E-state index contributed by atoms with van der Waals surface area (Å²) in [7, 11) is 0. The predicted octanol–water partition coefficient (Wildman–Crippen LogP) is 3.49. The third-order valence-corrected chi connectivity index (χ3v) is 4.04. The fourth-order valence-electron chi connectivity index (χ4n) is 2.75. The number of halogens is 2. The molecule has 4 nitrogen and oxygen atoms in total. The van der Waals surface area contributed by atoms with Gasteiger partial charge in [0.15, 0.2) is 11.6 Å². The van der Waals surface area contributed by atoms with Crippen LogP contribution >= 0.6 is 0 Å². The molecule has 0 spiro atoms. The van der Waals surface area contributed by atoms with Gasteiger partial charge in [-0.15, -0.1) is 0 Å². The standard InChI is InChI=1S/C18H16F2N2O2/c19-14-7-6-13(10-15(14)20)21-17(23)8-5-12-9-11-3-1-2-4-16(11)22-18(12)24/h1-4,6-7,10,12H,5,8-9H2,(H,21,23)(H,22,24)/t12-/m0/s1. The lowest BCUT2D eigenvalue weighted by Gasteiger charge is -2.24. The third-order valence-electron chi connectivity index (χ3n) is 4.04. The number of carbonyl (C=O) groups excluding carboxylic acids is 2. The molecule has 2 aromatic rings. The molecule has 0 aromatic heterocycles. The van der Waals surface area contributed by atoms with Crippen LogP contribution in [0.2, 0.25) is 0 Å². The average molecular weight is 330 g/mol. The third kappa shape index (κ3) is 3.59. The molecular formula is C18H16F2N2O2. The molecular weight excluding hydrogens is 314 g/mol. The van der Waals surface area contributed by atoms with E-state index in [-0.39, 0.29) is 29.8 Å². The lowest BCUT2D eigenvalue weighted by molar-refractivity contribution is -0.121. The van der Waals surface area contributed by atoms with Crippen LogP contribution in [0.15, 0.2) is 42.5 Å². The first-order valence-electron chi connectivity index (χ1n) is 7.66. The summed E-state index contributed by atoms with van der Waals surface area (Å²) in [6.45, 7) is 0. The Morgan fingerprint density at radius 1 is 1.17 bits per heavy atom. The lowest BCUT2D eigenvalue weighted by atomic mass is 9.89. The second-order valence-corrected chi connectivity index (χ2v) is 5.76. The first-order chi connectivity index (χ1) is 11.5. The van der Waals surface area contributed by atoms with Gasteiger partial charge < -0.3 is 10.6 Å². The Kier molecular flexibility index (Phi) is 4.55. The van der Waals surface area contributed by atoms with Crippen LogP contribution in [-0.4, -0.2) is 11.8 Å². The van der Waals surface area contributed by atoms with Gasteiger partial charge in [0, 0.05) is 29.8 Å². The van der Waals surface area contributed by atoms with Gasteiger partial charge in [0.25, 0.3) is 0 Å². The zero-order valence-electron chi connectivity index (χ0n) is 12.8. The number of hydrogen-bond donors (Lipinski definition) is 2. The van der Waals surface area contributed by atoms with E-state index in [0.29, 0.717) is 12.8 Å². The van der Waals surface area contributed by atoms with Gasteiger partial charge in [-0.3, -0.25) is 9.59 Å². The van der Waals surface area contributed by atoms with Crippen molar-refractivity contribution in [1.82, 2.24) is 0 Å². The van der Waals surface area contributed by atoms with E-state index in [0.717, 1.165) is 23.4 Å². The largest absolute Gasteiger partial charge is 0.326 e. The van der Waals surface area contributed by atoms with Gasteiger partial charge in [-0.05, 0) is 36.6 Å². The maximum absolute atomic E-state index is 13.1. The monoisotopic (exact) mass is 330 g/mol. The summed E-state index contributed by atoms with van der Waals surface area (Å²) in [4.78, 5) is 24.0. The first kappa shape index (κ1) is 16.1. The molecule has 0 radical (unpaired) electrons. The Hall–Kier alpha value is -2.76. The van der Waals surface area contributed by atoms with Crippen molar-refractivity contribution in [2.24, 2.45) is 5.92 Å². The summed E-state index contributed by atoms with van der Waals surface area (Å²) >= 11 is 0. The highest BCUT2D eigenvalue weighted by atomic mass is 19.2. The van der Waals surface area contributed by atoms with Crippen molar-refractivity contribution in [3.63, 3.8) is 0 Å². The predicted molar refractivity (Wildman–Crippen MR) is 86.5 cm³/mol. The highest BCUT2D eigenvalue weighted by Crippen LogP contribution is 2.27. The van der Waals surface area contributed by atoms with Crippen LogP contribution in [0, 0.1) is 17.6 Å². The second kappa shape index (κ2) is 6.78. The molecule has 1 atom stereocenters. The summed E-state index contributed by atoms with van der Waals surface area (Å²) < 4.78 is 26.0. The molecule has 1 aliphatic heterocycles. The number of anilines is 2. The van der Waals surface area contributed by atoms with E-state index < -0.39 is 11.6 Å². The maximum atomic E-state index is 13.1. The number of para-hydroxylation sites is 1. The topological polar surface area (TPSA) is 58.2 Å². The SMILES string of the molecule is O=C(CC[C@H]1Cc2ccccc2NC1=O)Nc1ccc(F)c(F)c1. The van der Waals surface area contributed by atoms with Gasteiger partial charge in [0.1, 0.15) is 0 Å². The molecule has 6 heteroatoms. The highest BCUT2D eigenvalue weighted by Gasteiger charge is 2.26. The number of fused-ring (bicyclic) bond motifs is 1. The van der Waals surface area contributed by atoms with Crippen molar-refractivity contribution in [2.45, 2.75) is 19.3 Å². The summed E-state index contributed by atoms with van der Waals surface area (Å²) in [5.41, 5.74) is 2.05. The van der Waals surface area contributed by atoms with Gasteiger partial charge in [-0.1, -0.05) is 18.2 Å². The maximum Gasteiger partial charge on any atom is 0.227 e. The van der Waals surface area contributed by atoms with E-state index in [1.165, 1.54) is 6.07 Å². The van der Waals surface area contributed by atoms with Crippen LogP contribution in [0.5, 0.6) is 0 Å². The fourth-order valence-corrected chi connectivity index (χ4v) is 2.75. The fraction of sp³-hybridized carbons (Fsp3) is 0.222. The molecule has 0 saturated carbocycles. The summed E-state index contributed by atoms with van der Waals surface area (Å²) in [6.07, 6.45) is 1.09. The number of nitrogens with one attached hydrogen (secondary N) is 2. The van der Waals surface area contributed by atoms with Crippen LogP contribution in [0.3, 0.4) is 0 Å². The van der Waals surface area contributed by atoms with E-state index >= 15 is 0 Å². The van der Waals surface area contributed by atoms with Crippen LogP contribution in [0.4, 0.5) is 20.2 Å². The summed E-state index contributed by atoms with van der Waals surface area (Å²) in [5, 5.41) is 5.34. The molecule has 124 valence electrons. The number of amides is 2. The Morgan fingerprint density at radius 2 is 1.96 bits per heavy atom. The smallest absolute Gasteiger partial charge is 0.227 e. The normalized spacial score (nSPS) is 16.2. The molecule has 0 fully saturated rings. The highest BCUT2D eigenvalue weighted by molar-refractivity contribution is 5.96. The van der Waals surface area contributed by atoms with E-state index in [2.05, 4.69) is 10.6 Å². The Bertz CT molecular complexity index is 792. The van der Waals surface area contributed by atoms with Crippen molar-refractivity contribution >= 4 is 23.2 Å². The van der Waals surface area contributed by atoms with Crippen LogP contribution < -0.4 is 10.6 Å². The van der Waals surface area contributed by atoms with Crippen molar-refractivity contribution in [2.75, 3.05) is 10.6 Å². The van der Waals surface area contributed by atoms with Crippen LogP contribution in [-0.2, 0) is 16.0 Å². The average Bonchev–Trinajstić information content (AvgIpc) is 2.56. The zero-order valence-corrected chi connectivity index (χ0v) is 12.8. The minimum Gasteiger partial charge on any atom is -0.326 e. The van der Waals surface area contributed by atoms with Gasteiger partial charge in [-0.2, -0.15) is 0 Å².